The van der Waals surface area contributed by atoms with Crippen LogP contribution in [0.15, 0.2) is 41.8 Å². The second-order valence-electron chi connectivity index (χ2n) is 4.16. The molecule has 0 saturated heterocycles. The largest absolute Gasteiger partial charge is 0.348 e. The summed E-state index contributed by atoms with van der Waals surface area (Å²) in [6, 6.07) is 6.51. The summed E-state index contributed by atoms with van der Waals surface area (Å²) in [6.07, 6.45) is 1.19. The molecule has 6 heteroatoms. The Morgan fingerprint density at radius 2 is 1.80 bits per heavy atom. The summed E-state index contributed by atoms with van der Waals surface area (Å²) in [4.78, 5) is 11.3. The van der Waals surface area contributed by atoms with Gasteiger partial charge in [-0.3, -0.25) is 4.79 Å². The van der Waals surface area contributed by atoms with E-state index in [2.05, 4.69) is 11.9 Å². The lowest BCUT2D eigenvalue weighted by Crippen LogP contribution is -2.30. The molecule has 1 N–H and O–H groups in total. The zero-order valence-electron chi connectivity index (χ0n) is 11.8. The molecule has 0 spiro atoms. The van der Waals surface area contributed by atoms with E-state index in [0.717, 1.165) is 5.56 Å². The summed E-state index contributed by atoms with van der Waals surface area (Å²) in [7, 11) is -3.42. The highest BCUT2D eigenvalue weighted by Crippen LogP contribution is 2.16. The van der Waals surface area contributed by atoms with Crippen LogP contribution >= 0.6 is 0 Å². The zero-order chi connectivity index (χ0) is 15.2. The number of carbonyl (C=O) groups excluding carboxylic acids is 1. The fourth-order valence-corrected chi connectivity index (χ4v) is 3.21. The lowest BCUT2D eigenvalue weighted by molar-refractivity contribution is -0.116. The highest BCUT2D eigenvalue weighted by molar-refractivity contribution is 7.89. The number of carbonyl (C=O) groups is 1. The minimum Gasteiger partial charge on any atom is -0.348 e. The molecule has 1 amide bonds. The Morgan fingerprint density at radius 3 is 2.25 bits per heavy atom. The molecule has 0 bridgehead atoms. The summed E-state index contributed by atoms with van der Waals surface area (Å²) >= 11 is 0. The maximum Gasteiger partial charge on any atom is 0.243 e. The first-order valence-electron chi connectivity index (χ1n) is 6.45. The first-order valence-corrected chi connectivity index (χ1v) is 7.89. The number of hydrogen-bond donors (Lipinski definition) is 1. The minimum absolute atomic E-state index is 0.259. The molecule has 0 aliphatic heterocycles. The molecule has 1 aromatic rings. The number of benzene rings is 1. The van der Waals surface area contributed by atoms with Gasteiger partial charge in [-0.15, -0.1) is 0 Å². The Balaban J connectivity index is 2.85. The number of amides is 1. The van der Waals surface area contributed by atoms with Crippen molar-refractivity contribution >= 4 is 15.9 Å². The molecule has 0 radical (unpaired) electrons. The van der Waals surface area contributed by atoms with Crippen molar-refractivity contribution in [3.63, 3.8) is 0 Å². The van der Waals surface area contributed by atoms with E-state index in [9.17, 15) is 13.2 Å². The highest BCUT2D eigenvalue weighted by atomic mass is 32.2. The first kappa shape index (κ1) is 16.4. The normalized spacial score (nSPS) is 11.3. The Kier molecular flexibility index (Phi) is 5.91. The van der Waals surface area contributed by atoms with E-state index < -0.39 is 10.0 Å². The second-order valence-corrected chi connectivity index (χ2v) is 6.09. The van der Waals surface area contributed by atoms with Gasteiger partial charge in [0.25, 0.3) is 0 Å². The van der Waals surface area contributed by atoms with Gasteiger partial charge in [0.1, 0.15) is 0 Å². The number of sulfonamides is 1. The van der Waals surface area contributed by atoms with E-state index in [1.165, 1.54) is 10.4 Å². The molecular weight excluding hydrogens is 276 g/mol. The average molecular weight is 296 g/mol. The van der Waals surface area contributed by atoms with E-state index >= 15 is 0 Å². The SMILES string of the molecule is C=CC(=O)NCc1ccc(S(=O)(=O)N(CC)CC)cc1. The maximum atomic E-state index is 12.3. The zero-order valence-corrected chi connectivity index (χ0v) is 12.6. The van der Waals surface area contributed by atoms with Crippen LogP contribution in [-0.4, -0.2) is 31.7 Å². The smallest absolute Gasteiger partial charge is 0.243 e. The fraction of sp³-hybridized carbons (Fsp3) is 0.357. The molecule has 0 saturated carbocycles. The predicted molar refractivity (Wildman–Crippen MR) is 78.6 cm³/mol. The van der Waals surface area contributed by atoms with Crippen LogP contribution in [0.4, 0.5) is 0 Å². The van der Waals surface area contributed by atoms with Crippen molar-refractivity contribution in [2.75, 3.05) is 13.1 Å². The standard InChI is InChI=1S/C14H20N2O3S/c1-4-14(17)15-11-12-7-9-13(10-8-12)20(18,19)16(5-2)6-3/h4,7-10H,1,5-6,11H2,2-3H3,(H,15,17). The Bertz CT molecular complexity index is 561. The predicted octanol–water partition coefficient (Wildman–Crippen LogP) is 1.52. The average Bonchev–Trinajstić information content (AvgIpc) is 2.46. The Hall–Kier alpha value is -1.66. The molecule has 5 nitrogen and oxygen atoms in total. The molecule has 0 atom stereocenters. The minimum atomic E-state index is -3.42. The highest BCUT2D eigenvalue weighted by Gasteiger charge is 2.20. The quantitative estimate of drug-likeness (QED) is 0.776. The van der Waals surface area contributed by atoms with Crippen LogP contribution in [0.5, 0.6) is 0 Å². The molecule has 0 unspecified atom stereocenters. The number of rotatable bonds is 7. The van der Waals surface area contributed by atoms with Gasteiger partial charge in [0.15, 0.2) is 0 Å². The van der Waals surface area contributed by atoms with Gasteiger partial charge in [0.05, 0.1) is 4.90 Å². The van der Waals surface area contributed by atoms with Crippen LogP contribution in [0.3, 0.4) is 0 Å². The summed E-state index contributed by atoms with van der Waals surface area (Å²) in [5, 5.41) is 2.64. The third kappa shape index (κ3) is 3.91. The molecule has 1 rings (SSSR count). The maximum absolute atomic E-state index is 12.3. The van der Waals surface area contributed by atoms with Crippen LogP contribution in [0.1, 0.15) is 19.4 Å². The fourth-order valence-electron chi connectivity index (χ4n) is 1.75. The monoisotopic (exact) mass is 296 g/mol. The first-order chi connectivity index (χ1) is 9.45. The van der Waals surface area contributed by atoms with E-state index in [1.54, 1.807) is 38.1 Å². The third-order valence-electron chi connectivity index (χ3n) is 2.92. The van der Waals surface area contributed by atoms with Gasteiger partial charge >= 0.3 is 0 Å². The lowest BCUT2D eigenvalue weighted by Gasteiger charge is -2.18. The summed E-state index contributed by atoms with van der Waals surface area (Å²) in [6.45, 7) is 8.20. The molecule has 1 aromatic carbocycles. The molecule has 20 heavy (non-hydrogen) atoms. The van der Waals surface area contributed by atoms with Crippen molar-refractivity contribution in [3.8, 4) is 0 Å². The molecule has 0 heterocycles. The molecule has 0 fully saturated rings. The van der Waals surface area contributed by atoms with Crippen molar-refractivity contribution in [2.24, 2.45) is 0 Å². The van der Waals surface area contributed by atoms with Gasteiger partial charge < -0.3 is 5.32 Å². The Labute approximate surface area is 120 Å². The van der Waals surface area contributed by atoms with Gasteiger partial charge in [0, 0.05) is 19.6 Å². The summed E-state index contributed by atoms with van der Waals surface area (Å²) in [5.74, 6) is -0.259. The van der Waals surface area contributed by atoms with E-state index in [0.29, 0.717) is 19.6 Å². The van der Waals surface area contributed by atoms with Crippen molar-refractivity contribution in [1.82, 2.24) is 9.62 Å². The van der Waals surface area contributed by atoms with Gasteiger partial charge in [-0.05, 0) is 23.8 Å². The van der Waals surface area contributed by atoms with Crippen LogP contribution in [0.2, 0.25) is 0 Å². The molecule has 110 valence electrons. The third-order valence-corrected chi connectivity index (χ3v) is 4.98. The number of nitrogens with zero attached hydrogens (tertiary/aromatic N) is 1. The molecule has 0 aromatic heterocycles. The van der Waals surface area contributed by atoms with Crippen molar-refractivity contribution < 1.29 is 13.2 Å². The number of hydrogen-bond acceptors (Lipinski definition) is 3. The van der Waals surface area contributed by atoms with Crippen molar-refractivity contribution in [2.45, 2.75) is 25.3 Å². The van der Waals surface area contributed by atoms with Gasteiger partial charge in [0.2, 0.25) is 15.9 Å². The van der Waals surface area contributed by atoms with Crippen LogP contribution in [0.25, 0.3) is 0 Å². The van der Waals surface area contributed by atoms with Crippen molar-refractivity contribution in [1.29, 1.82) is 0 Å². The molecular formula is C14H20N2O3S. The summed E-state index contributed by atoms with van der Waals surface area (Å²) in [5.41, 5.74) is 0.832. The van der Waals surface area contributed by atoms with E-state index in [-0.39, 0.29) is 10.8 Å². The molecule has 0 aliphatic carbocycles. The molecule has 0 aliphatic rings. The Morgan fingerprint density at radius 1 is 1.25 bits per heavy atom. The lowest BCUT2D eigenvalue weighted by atomic mass is 10.2. The summed E-state index contributed by atoms with van der Waals surface area (Å²) < 4.78 is 25.9. The van der Waals surface area contributed by atoms with E-state index in [1.807, 2.05) is 0 Å². The topological polar surface area (TPSA) is 66.5 Å². The van der Waals surface area contributed by atoms with Crippen molar-refractivity contribution in [3.05, 3.63) is 42.5 Å². The van der Waals surface area contributed by atoms with Gasteiger partial charge in [-0.25, -0.2) is 8.42 Å². The van der Waals surface area contributed by atoms with E-state index in [4.69, 9.17) is 0 Å². The number of nitrogens with one attached hydrogen (secondary N) is 1. The van der Waals surface area contributed by atoms with Crippen LogP contribution in [0, 0.1) is 0 Å². The second kappa shape index (κ2) is 7.21. The van der Waals surface area contributed by atoms with Crippen LogP contribution in [-0.2, 0) is 21.4 Å². The van der Waals surface area contributed by atoms with Gasteiger partial charge in [-0.1, -0.05) is 32.6 Å². The van der Waals surface area contributed by atoms with Gasteiger partial charge in [-0.2, -0.15) is 4.31 Å². The van der Waals surface area contributed by atoms with Crippen LogP contribution < -0.4 is 5.32 Å².